The van der Waals surface area contributed by atoms with E-state index in [0.29, 0.717) is 22.5 Å². The number of nitrogens with zero attached hydrogens (tertiary/aromatic N) is 2. The second-order valence-corrected chi connectivity index (χ2v) is 6.50. The number of rotatable bonds is 5. The predicted molar refractivity (Wildman–Crippen MR) is 103 cm³/mol. The first-order valence-corrected chi connectivity index (χ1v) is 8.74. The number of amides is 2. The van der Waals surface area contributed by atoms with Crippen molar-refractivity contribution in [1.29, 1.82) is 0 Å². The Kier molecular flexibility index (Phi) is 4.38. The van der Waals surface area contributed by atoms with Crippen molar-refractivity contribution in [1.82, 2.24) is 9.97 Å². The largest absolute Gasteiger partial charge is 0.366 e. The molecule has 0 saturated heterocycles. The summed E-state index contributed by atoms with van der Waals surface area (Å²) in [5.41, 5.74) is 8.93. The fourth-order valence-corrected chi connectivity index (χ4v) is 3.06. The molecule has 3 N–H and O–H groups in total. The van der Waals surface area contributed by atoms with Crippen molar-refractivity contribution in [3.8, 4) is 22.3 Å². The number of aromatic nitrogens is 2. The summed E-state index contributed by atoms with van der Waals surface area (Å²) in [6.45, 7) is 0. The van der Waals surface area contributed by atoms with Gasteiger partial charge in [0.2, 0.25) is 11.8 Å². The predicted octanol–water partition coefficient (Wildman–Crippen LogP) is 3.26. The number of benzene rings is 1. The third-order valence-electron chi connectivity index (χ3n) is 4.58. The molecule has 6 nitrogen and oxygen atoms in total. The molecule has 3 aromatic rings. The van der Waals surface area contributed by atoms with Crippen LogP contribution in [0.2, 0.25) is 0 Å². The summed E-state index contributed by atoms with van der Waals surface area (Å²) in [7, 11) is 0. The van der Waals surface area contributed by atoms with E-state index in [1.54, 1.807) is 18.5 Å². The fraction of sp³-hybridized carbons (Fsp3) is 0.143. The maximum absolute atomic E-state index is 12.3. The van der Waals surface area contributed by atoms with Gasteiger partial charge in [-0.3, -0.25) is 14.6 Å². The highest BCUT2D eigenvalue weighted by molar-refractivity contribution is 6.07. The highest BCUT2D eigenvalue weighted by Crippen LogP contribution is 2.38. The fourth-order valence-electron chi connectivity index (χ4n) is 3.06. The van der Waals surface area contributed by atoms with Crippen molar-refractivity contribution in [3.63, 3.8) is 0 Å². The molecule has 0 radical (unpaired) electrons. The summed E-state index contributed by atoms with van der Waals surface area (Å²) in [5, 5.41) is 2.86. The van der Waals surface area contributed by atoms with Crippen LogP contribution in [0.5, 0.6) is 0 Å². The molecule has 1 aromatic carbocycles. The molecule has 27 heavy (non-hydrogen) atoms. The molecule has 2 aromatic heterocycles. The highest BCUT2D eigenvalue weighted by atomic mass is 16.2. The molecule has 134 valence electrons. The maximum Gasteiger partial charge on any atom is 0.249 e. The topological polar surface area (TPSA) is 98.0 Å². The maximum atomic E-state index is 12.3. The monoisotopic (exact) mass is 358 g/mol. The molecule has 0 unspecified atom stereocenters. The first kappa shape index (κ1) is 16.9. The van der Waals surface area contributed by atoms with Gasteiger partial charge in [0.15, 0.2) is 0 Å². The van der Waals surface area contributed by atoms with Gasteiger partial charge in [0.1, 0.15) is 5.82 Å². The van der Waals surface area contributed by atoms with Gasteiger partial charge in [-0.15, -0.1) is 0 Å². The van der Waals surface area contributed by atoms with Crippen LogP contribution < -0.4 is 11.1 Å². The standard InChI is InChI=1S/C21H18N4O2/c22-19(26)16-9-11-24-20(25-21(27)14-6-7-14)18(16)17-12-23-10-8-15(17)13-4-2-1-3-5-13/h1-5,8-12,14H,6-7H2,(H2,22,26)(H,24,25,27). The van der Waals surface area contributed by atoms with Crippen molar-refractivity contribution in [3.05, 3.63) is 66.6 Å². The van der Waals surface area contributed by atoms with Gasteiger partial charge in [-0.05, 0) is 36.1 Å². The first-order valence-electron chi connectivity index (χ1n) is 8.74. The zero-order valence-electron chi connectivity index (χ0n) is 14.6. The number of anilines is 1. The third kappa shape index (κ3) is 3.42. The minimum atomic E-state index is -0.586. The number of pyridine rings is 2. The quantitative estimate of drug-likeness (QED) is 0.731. The van der Waals surface area contributed by atoms with Crippen LogP contribution >= 0.6 is 0 Å². The Bertz CT molecular complexity index is 1010. The van der Waals surface area contributed by atoms with Crippen molar-refractivity contribution < 1.29 is 9.59 Å². The van der Waals surface area contributed by atoms with E-state index >= 15 is 0 Å². The summed E-state index contributed by atoms with van der Waals surface area (Å²) in [4.78, 5) is 32.9. The van der Waals surface area contributed by atoms with Crippen LogP contribution in [0, 0.1) is 5.92 Å². The Labute approximate surface area is 156 Å². The lowest BCUT2D eigenvalue weighted by Crippen LogP contribution is -2.18. The number of hydrogen-bond acceptors (Lipinski definition) is 4. The van der Waals surface area contributed by atoms with Crippen LogP contribution in [0.4, 0.5) is 5.82 Å². The molecule has 2 heterocycles. The van der Waals surface area contributed by atoms with Crippen LogP contribution in [-0.4, -0.2) is 21.8 Å². The smallest absolute Gasteiger partial charge is 0.249 e. The molecule has 4 rings (SSSR count). The minimum absolute atomic E-state index is 0.0133. The van der Waals surface area contributed by atoms with Crippen LogP contribution in [0.15, 0.2) is 61.1 Å². The molecule has 1 aliphatic rings. The lowest BCUT2D eigenvalue weighted by Gasteiger charge is -2.16. The van der Waals surface area contributed by atoms with Crippen molar-refractivity contribution >= 4 is 17.6 Å². The molecule has 1 saturated carbocycles. The molecule has 0 atom stereocenters. The number of hydrogen-bond donors (Lipinski definition) is 2. The van der Waals surface area contributed by atoms with E-state index in [1.165, 1.54) is 6.20 Å². The van der Waals surface area contributed by atoms with E-state index in [-0.39, 0.29) is 11.8 Å². The van der Waals surface area contributed by atoms with Crippen molar-refractivity contribution in [2.45, 2.75) is 12.8 Å². The SMILES string of the molecule is NC(=O)c1ccnc(NC(=O)C2CC2)c1-c1cnccc1-c1ccccc1. The lowest BCUT2D eigenvalue weighted by atomic mass is 9.93. The first-order chi connectivity index (χ1) is 13.1. The van der Waals surface area contributed by atoms with Crippen LogP contribution in [0.3, 0.4) is 0 Å². The Morgan fingerprint density at radius 3 is 2.48 bits per heavy atom. The normalized spacial score (nSPS) is 13.2. The summed E-state index contributed by atoms with van der Waals surface area (Å²) in [6.07, 6.45) is 6.58. The Morgan fingerprint density at radius 1 is 1.00 bits per heavy atom. The molecule has 0 bridgehead atoms. The summed E-state index contributed by atoms with van der Waals surface area (Å²) < 4.78 is 0. The molecule has 6 heteroatoms. The highest BCUT2D eigenvalue weighted by Gasteiger charge is 2.31. The number of carbonyl (C=O) groups is 2. The Morgan fingerprint density at radius 2 is 1.78 bits per heavy atom. The molecule has 0 aliphatic heterocycles. The second-order valence-electron chi connectivity index (χ2n) is 6.50. The lowest BCUT2D eigenvalue weighted by molar-refractivity contribution is -0.117. The zero-order valence-corrected chi connectivity index (χ0v) is 14.6. The molecule has 2 amide bonds. The van der Waals surface area contributed by atoms with E-state index in [1.807, 2.05) is 36.4 Å². The zero-order chi connectivity index (χ0) is 18.8. The van der Waals surface area contributed by atoms with Gasteiger partial charge in [-0.2, -0.15) is 0 Å². The number of carbonyl (C=O) groups excluding carboxylic acids is 2. The van der Waals surface area contributed by atoms with Gasteiger partial charge in [0.25, 0.3) is 0 Å². The average Bonchev–Trinajstić information content (AvgIpc) is 3.54. The van der Waals surface area contributed by atoms with E-state index in [9.17, 15) is 9.59 Å². The van der Waals surface area contributed by atoms with E-state index in [0.717, 1.165) is 24.0 Å². The summed E-state index contributed by atoms with van der Waals surface area (Å²) >= 11 is 0. The summed E-state index contributed by atoms with van der Waals surface area (Å²) in [5.74, 6) is -0.333. The van der Waals surface area contributed by atoms with Crippen molar-refractivity contribution in [2.24, 2.45) is 11.7 Å². The van der Waals surface area contributed by atoms with Crippen LogP contribution in [0.25, 0.3) is 22.3 Å². The molecule has 1 aliphatic carbocycles. The van der Waals surface area contributed by atoms with E-state index in [4.69, 9.17) is 5.73 Å². The van der Waals surface area contributed by atoms with Gasteiger partial charge >= 0.3 is 0 Å². The van der Waals surface area contributed by atoms with Gasteiger partial charge in [-0.1, -0.05) is 30.3 Å². The average molecular weight is 358 g/mol. The van der Waals surface area contributed by atoms with Gasteiger partial charge in [0, 0.05) is 35.6 Å². The van der Waals surface area contributed by atoms with Crippen LogP contribution in [0.1, 0.15) is 23.2 Å². The van der Waals surface area contributed by atoms with E-state index < -0.39 is 5.91 Å². The van der Waals surface area contributed by atoms with Crippen LogP contribution in [-0.2, 0) is 4.79 Å². The van der Waals surface area contributed by atoms with Crippen molar-refractivity contribution in [2.75, 3.05) is 5.32 Å². The Balaban J connectivity index is 1.90. The number of nitrogens with two attached hydrogens (primary N) is 1. The van der Waals surface area contributed by atoms with Gasteiger partial charge < -0.3 is 11.1 Å². The summed E-state index contributed by atoms with van der Waals surface area (Å²) in [6, 6.07) is 13.2. The second kappa shape index (κ2) is 6.99. The number of nitrogens with one attached hydrogen (secondary N) is 1. The number of primary amides is 1. The van der Waals surface area contributed by atoms with Gasteiger partial charge in [-0.25, -0.2) is 4.98 Å². The van der Waals surface area contributed by atoms with E-state index in [2.05, 4.69) is 15.3 Å². The third-order valence-corrected chi connectivity index (χ3v) is 4.58. The Hall–Kier alpha value is -3.54. The molecular formula is C21H18N4O2. The molecule has 0 spiro atoms. The minimum Gasteiger partial charge on any atom is -0.366 e. The molecular weight excluding hydrogens is 340 g/mol. The van der Waals surface area contributed by atoms with Gasteiger partial charge in [0.05, 0.1) is 5.56 Å². The molecule has 1 fully saturated rings.